The third-order valence-electron chi connectivity index (χ3n) is 2.18. The minimum atomic E-state index is -0.286. The molecule has 0 aliphatic carbocycles. The Labute approximate surface area is 94.7 Å². The molecular formula is C10H8BrNO3. The second kappa shape index (κ2) is 4.02. The Kier molecular flexibility index (Phi) is 2.73. The lowest BCUT2D eigenvalue weighted by molar-refractivity contribution is 0.106. The molecule has 0 radical (unpaired) electrons. The van der Waals surface area contributed by atoms with E-state index in [4.69, 9.17) is 9.94 Å². The smallest absolute Gasteiger partial charge is 0.214 e. The van der Waals surface area contributed by atoms with E-state index in [0.29, 0.717) is 24.3 Å². The predicted molar refractivity (Wildman–Crippen MR) is 57.8 cm³/mol. The first-order valence-corrected chi connectivity index (χ1v) is 5.20. The number of ketones is 1. The van der Waals surface area contributed by atoms with Crippen molar-refractivity contribution < 1.29 is 14.7 Å². The van der Waals surface area contributed by atoms with Crippen molar-refractivity contribution in [3.63, 3.8) is 0 Å². The van der Waals surface area contributed by atoms with Crippen molar-refractivity contribution in [2.75, 3.05) is 6.61 Å². The van der Waals surface area contributed by atoms with Gasteiger partial charge in [0.1, 0.15) is 11.5 Å². The second-order valence-electron chi connectivity index (χ2n) is 3.09. The summed E-state index contributed by atoms with van der Waals surface area (Å²) in [6.45, 7) is 0.334. The fraction of sp³-hybridized carbons (Fsp3) is 0.200. The number of halogens is 1. The summed E-state index contributed by atoms with van der Waals surface area (Å²) in [5, 5.41) is 11.7. The lowest BCUT2D eigenvalue weighted by Crippen LogP contribution is -2.13. The maximum atomic E-state index is 11.8. The van der Waals surface area contributed by atoms with Gasteiger partial charge < -0.3 is 9.94 Å². The number of para-hydroxylation sites is 1. The minimum absolute atomic E-state index is 0.131. The van der Waals surface area contributed by atoms with Crippen LogP contribution in [0.4, 0.5) is 0 Å². The van der Waals surface area contributed by atoms with Crippen LogP contribution >= 0.6 is 15.9 Å². The monoisotopic (exact) mass is 269 g/mol. The molecule has 0 saturated carbocycles. The van der Waals surface area contributed by atoms with E-state index in [0.717, 1.165) is 4.47 Å². The van der Waals surface area contributed by atoms with Crippen molar-refractivity contribution in [3.05, 3.63) is 28.2 Å². The highest BCUT2D eigenvalue weighted by atomic mass is 79.9. The largest absolute Gasteiger partial charge is 0.491 e. The van der Waals surface area contributed by atoms with Gasteiger partial charge in [-0.3, -0.25) is 4.79 Å². The van der Waals surface area contributed by atoms with Gasteiger partial charge in [-0.2, -0.15) is 0 Å². The Morgan fingerprint density at radius 3 is 3.00 bits per heavy atom. The van der Waals surface area contributed by atoms with Gasteiger partial charge in [-0.05, 0) is 28.1 Å². The number of benzene rings is 1. The van der Waals surface area contributed by atoms with Gasteiger partial charge in [-0.1, -0.05) is 11.2 Å². The summed E-state index contributed by atoms with van der Waals surface area (Å²) in [4.78, 5) is 11.8. The number of hydrogen-bond acceptors (Lipinski definition) is 4. The zero-order valence-electron chi connectivity index (χ0n) is 7.74. The summed E-state index contributed by atoms with van der Waals surface area (Å²) in [6, 6.07) is 5.19. The van der Waals surface area contributed by atoms with E-state index < -0.39 is 0 Å². The van der Waals surface area contributed by atoms with E-state index in [1.54, 1.807) is 18.2 Å². The lowest BCUT2D eigenvalue weighted by atomic mass is 10.1. The number of carbonyl (C=O) groups excluding carboxylic acids is 1. The van der Waals surface area contributed by atoms with Gasteiger partial charge in [0.05, 0.1) is 16.6 Å². The molecule has 5 heteroatoms. The third kappa shape index (κ3) is 1.74. The van der Waals surface area contributed by atoms with E-state index in [1.807, 2.05) is 0 Å². The number of Topliss-reactive ketones (excluding diaryl/α,β-unsaturated/α-hetero) is 1. The number of fused-ring (bicyclic) bond motifs is 1. The highest BCUT2D eigenvalue weighted by Crippen LogP contribution is 2.31. The second-order valence-corrected chi connectivity index (χ2v) is 3.95. The topological polar surface area (TPSA) is 58.9 Å². The van der Waals surface area contributed by atoms with Gasteiger partial charge in [0.25, 0.3) is 0 Å². The molecule has 1 N–H and O–H groups in total. The van der Waals surface area contributed by atoms with Crippen LogP contribution in [0.25, 0.3) is 0 Å². The van der Waals surface area contributed by atoms with Gasteiger partial charge in [0.2, 0.25) is 5.78 Å². The van der Waals surface area contributed by atoms with E-state index in [-0.39, 0.29) is 11.5 Å². The molecule has 1 aromatic rings. The van der Waals surface area contributed by atoms with Crippen LogP contribution in [0.3, 0.4) is 0 Å². The van der Waals surface area contributed by atoms with Crippen LogP contribution in [0.15, 0.2) is 27.8 Å². The Morgan fingerprint density at radius 1 is 1.47 bits per heavy atom. The molecular weight excluding hydrogens is 262 g/mol. The first kappa shape index (κ1) is 10.2. The van der Waals surface area contributed by atoms with Gasteiger partial charge in [0, 0.05) is 6.42 Å². The normalized spacial score (nSPS) is 18.2. The average Bonchev–Trinajstić information content (AvgIpc) is 2.40. The van der Waals surface area contributed by atoms with Crippen molar-refractivity contribution >= 4 is 27.4 Å². The Balaban J connectivity index is 2.57. The molecule has 15 heavy (non-hydrogen) atoms. The zero-order valence-corrected chi connectivity index (χ0v) is 9.32. The van der Waals surface area contributed by atoms with Crippen LogP contribution in [0, 0.1) is 0 Å². The molecule has 0 amide bonds. The summed E-state index contributed by atoms with van der Waals surface area (Å²) in [7, 11) is 0. The van der Waals surface area contributed by atoms with E-state index >= 15 is 0 Å². The van der Waals surface area contributed by atoms with Crippen LogP contribution in [-0.4, -0.2) is 23.3 Å². The quantitative estimate of drug-likeness (QED) is 0.581. The standard InChI is InChI=1S/C10H8BrNO3/c11-7-3-1-2-6-9(13)8(12-14)4-5-15-10(6)7/h1-3,14H,4-5H2/b12-8-. The molecule has 0 atom stereocenters. The SMILES string of the molecule is O=C1/C(=N\O)CCOc2c(Br)cccc21. The highest BCUT2D eigenvalue weighted by molar-refractivity contribution is 9.10. The number of oxime groups is 1. The van der Waals surface area contributed by atoms with Gasteiger partial charge in [-0.25, -0.2) is 0 Å². The first-order valence-electron chi connectivity index (χ1n) is 4.41. The van der Waals surface area contributed by atoms with Crippen LogP contribution in [0.2, 0.25) is 0 Å². The maximum Gasteiger partial charge on any atom is 0.214 e. The average molecular weight is 270 g/mol. The molecule has 4 nitrogen and oxygen atoms in total. The molecule has 0 saturated heterocycles. The number of nitrogens with zero attached hydrogens (tertiary/aromatic N) is 1. The van der Waals surface area contributed by atoms with Crippen LogP contribution in [0.1, 0.15) is 16.8 Å². The third-order valence-corrected chi connectivity index (χ3v) is 2.80. The Bertz CT molecular complexity index is 442. The molecule has 1 aromatic carbocycles. The van der Waals surface area contributed by atoms with Crippen LogP contribution in [0.5, 0.6) is 5.75 Å². The summed E-state index contributed by atoms with van der Waals surface area (Å²) >= 11 is 3.31. The first-order chi connectivity index (χ1) is 7.24. The zero-order chi connectivity index (χ0) is 10.8. The molecule has 1 heterocycles. The fourth-order valence-electron chi connectivity index (χ4n) is 1.45. The van der Waals surface area contributed by atoms with Gasteiger partial charge in [0.15, 0.2) is 0 Å². The molecule has 0 fully saturated rings. The van der Waals surface area contributed by atoms with E-state index in [2.05, 4.69) is 21.1 Å². The number of carbonyl (C=O) groups is 1. The predicted octanol–water partition coefficient (Wildman–Crippen LogP) is 2.24. The van der Waals surface area contributed by atoms with E-state index in [1.165, 1.54) is 0 Å². The van der Waals surface area contributed by atoms with Crippen molar-refractivity contribution in [1.82, 2.24) is 0 Å². The molecule has 78 valence electrons. The number of ether oxygens (including phenoxy) is 1. The van der Waals surface area contributed by atoms with Gasteiger partial charge in [-0.15, -0.1) is 0 Å². The Hall–Kier alpha value is -1.36. The summed E-state index contributed by atoms with van der Waals surface area (Å²) in [6.07, 6.45) is 0.316. The van der Waals surface area contributed by atoms with Crippen molar-refractivity contribution in [2.45, 2.75) is 6.42 Å². The maximum absolute atomic E-state index is 11.8. The number of hydrogen-bond donors (Lipinski definition) is 1. The molecule has 0 spiro atoms. The highest BCUT2D eigenvalue weighted by Gasteiger charge is 2.24. The molecule has 1 aliphatic rings. The summed E-state index contributed by atoms with van der Waals surface area (Å²) < 4.78 is 6.15. The van der Waals surface area contributed by atoms with Crippen molar-refractivity contribution in [1.29, 1.82) is 0 Å². The van der Waals surface area contributed by atoms with Gasteiger partial charge >= 0.3 is 0 Å². The Morgan fingerprint density at radius 2 is 2.27 bits per heavy atom. The molecule has 2 rings (SSSR count). The minimum Gasteiger partial charge on any atom is -0.491 e. The van der Waals surface area contributed by atoms with E-state index in [9.17, 15) is 4.79 Å². The summed E-state index contributed by atoms with van der Waals surface area (Å²) in [5.74, 6) is 0.229. The van der Waals surface area contributed by atoms with Crippen LogP contribution < -0.4 is 4.74 Å². The van der Waals surface area contributed by atoms with Crippen molar-refractivity contribution in [3.8, 4) is 5.75 Å². The summed E-state index contributed by atoms with van der Waals surface area (Å²) in [5.41, 5.74) is 0.557. The lowest BCUT2D eigenvalue weighted by Gasteiger charge is -2.06. The van der Waals surface area contributed by atoms with Crippen LogP contribution in [-0.2, 0) is 0 Å². The molecule has 1 aliphatic heterocycles. The van der Waals surface area contributed by atoms with Crippen molar-refractivity contribution in [2.24, 2.45) is 5.16 Å². The fourth-order valence-corrected chi connectivity index (χ4v) is 1.93. The number of rotatable bonds is 0. The molecule has 0 aromatic heterocycles. The molecule has 0 unspecified atom stereocenters. The molecule has 0 bridgehead atoms.